The van der Waals surface area contributed by atoms with Crippen molar-refractivity contribution in [2.45, 2.75) is 264 Å². The van der Waals surface area contributed by atoms with Crippen molar-refractivity contribution in [1.29, 1.82) is 0 Å². The molecule has 0 heterocycles. The van der Waals surface area contributed by atoms with Crippen molar-refractivity contribution in [2.75, 3.05) is 13.2 Å². The lowest BCUT2D eigenvalue weighted by molar-refractivity contribution is -0.193. The van der Waals surface area contributed by atoms with Gasteiger partial charge in [-0.15, -0.1) is 0 Å². The van der Waals surface area contributed by atoms with Crippen LogP contribution in [0.1, 0.15) is 252 Å². The first-order valence-corrected chi connectivity index (χ1v) is 25.6. The summed E-state index contributed by atoms with van der Waals surface area (Å²) in [5.41, 5.74) is -2.51. The van der Waals surface area contributed by atoms with Crippen LogP contribution in [-0.4, -0.2) is 64.9 Å². The first-order valence-electron chi connectivity index (χ1n) is 23.3. The summed E-state index contributed by atoms with van der Waals surface area (Å²) in [5.74, 6) is 0. The minimum absolute atomic E-state index is 0.366. The third kappa shape index (κ3) is 34.0. The Morgan fingerprint density at radius 1 is 0.400 bits per heavy atom. The van der Waals surface area contributed by atoms with Crippen molar-refractivity contribution >= 4 is 17.2 Å². The van der Waals surface area contributed by atoms with Gasteiger partial charge in [0.1, 0.15) is 0 Å². The van der Waals surface area contributed by atoms with Crippen LogP contribution in [-0.2, 0) is 4.31 Å². The molecule has 0 fully saturated rings. The molecule has 0 aromatic rings. The quantitative estimate of drug-likeness (QED) is 0.0220. The lowest BCUT2D eigenvalue weighted by atomic mass is 9.63. The maximum absolute atomic E-state index is 12.3. The number of hydrogen-bond donors (Lipinski definition) is 8. The molecule has 0 radical (unpaired) electrons. The van der Waals surface area contributed by atoms with Crippen molar-refractivity contribution in [3.63, 3.8) is 0 Å². The molecule has 0 spiro atoms. The third-order valence-electron chi connectivity index (χ3n) is 11.7. The van der Waals surface area contributed by atoms with Crippen LogP contribution in [0, 0.1) is 5.41 Å². The van der Waals surface area contributed by atoms with Crippen LogP contribution in [0.3, 0.4) is 0 Å². The highest BCUT2D eigenvalue weighted by atomic mass is 31.2. The zero-order valence-electron chi connectivity index (χ0n) is 36.3. The van der Waals surface area contributed by atoms with Gasteiger partial charge in [-0.3, -0.25) is 0 Å². The van der Waals surface area contributed by atoms with Gasteiger partial charge in [0.05, 0.1) is 30.3 Å². The topological polar surface area (TPSA) is 171 Å². The number of unbranched alkanes of at least 4 members (excludes halogenated alkanes) is 30. The van der Waals surface area contributed by atoms with Crippen molar-refractivity contribution in [3.8, 4) is 0 Å². The Morgan fingerprint density at radius 2 is 0.636 bits per heavy atom. The van der Waals surface area contributed by atoms with Crippen molar-refractivity contribution < 1.29 is 44.3 Å². The van der Waals surface area contributed by atoms with E-state index in [1.54, 1.807) is 0 Å². The second kappa shape index (κ2) is 42.6. The fourth-order valence-electron chi connectivity index (χ4n) is 7.99. The molecule has 0 aliphatic rings. The second-order valence-electron chi connectivity index (χ2n) is 16.5. The molecule has 0 aliphatic carbocycles. The van der Waals surface area contributed by atoms with E-state index in [1.807, 2.05) is 0 Å². The molecule has 0 saturated carbocycles. The minimum atomic E-state index is -2.61. The van der Waals surface area contributed by atoms with Gasteiger partial charge in [0.2, 0.25) is 0 Å². The number of rotatable bonds is 42. The molecule has 11 heteroatoms. The predicted octanol–water partition coefficient (Wildman–Crippen LogP) is 12.6. The summed E-state index contributed by atoms with van der Waals surface area (Å²) < 4.78 is 3.60. The Bertz CT molecular complexity index is 712. The normalized spacial score (nSPS) is 12.8. The standard InChI is InChI=1S/C44H90O4.H4O5P2/c1-4-7-10-13-16-19-22-25-28-31-34-37-42(47)43(40-45,41-46)44(48,38-35-32-29-26-23-20-17-14-11-8-5-2)39-36-33-30-27-24-21-18-15-12-9-6-3;1-6(2)5-7(3)4/h42,45-48H,4-41H2,1-3H3;1-4H. The van der Waals surface area contributed by atoms with Crippen LogP contribution >= 0.6 is 17.2 Å². The van der Waals surface area contributed by atoms with Gasteiger partial charge in [-0.1, -0.05) is 233 Å². The van der Waals surface area contributed by atoms with E-state index in [2.05, 4.69) is 25.1 Å². The van der Waals surface area contributed by atoms with Gasteiger partial charge < -0.3 is 40.0 Å². The van der Waals surface area contributed by atoms with E-state index in [1.165, 1.54) is 173 Å². The molecule has 0 aromatic carbocycles. The van der Waals surface area contributed by atoms with Gasteiger partial charge in [0, 0.05) is 0 Å². The summed E-state index contributed by atoms with van der Waals surface area (Å²) in [5, 5.41) is 45.3. The molecule has 8 N–H and O–H groups in total. The number of aliphatic hydroxyl groups excluding tert-OH is 3. The molecular weight excluding hydrogens is 734 g/mol. The van der Waals surface area contributed by atoms with Gasteiger partial charge >= 0.3 is 17.2 Å². The molecule has 0 aromatic heterocycles. The molecule has 1 atom stereocenters. The van der Waals surface area contributed by atoms with Gasteiger partial charge in [-0.05, 0) is 19.3 Å². The molecule has 334 valence electrons. The lowest BCUT2D eigenvalue weighted by Crippen LogP contribution is -2.59. The molecule has 55 heavy (non-hydrogen) atoms. The van der Waals surface area contributed by atoms with E-state index >= 15 is 0 Å². The van der Waals surface area contributed by atoms with E-state index < -0.39 is 34.3 Å². The van der Waals surface area contributed by atoms with E-state index in [0.29, 0.717) is 19.3 Å². The second-order valence-corrected chi connectivity index (χ2v) is 18.2. The van der Waals surface area contributed by atoms with Crippen LogP contribution in [0.2, 0.25) is 0 Å². The molecular formula is C44H94O9P2. The fourth-order valence-corrected chi connectivity index (χ4v) is 8.52. The average molecular weight is 829 g/mol. The Balaban J connectivity index is 0. The zero-order valence-corrected chi connectivity index (χ0v) is 38.1. The first-order chi connectivity index (χ1) is 26.6. The molecule has 0 rings (SSSR count). The lowest BCUT2D eigenvalue weighted by Gasteiger charge is -2.48. The molecule has 9 nitrogen and oxygen atoms in total. The number of hydrogen-bond acceptors (Lipinski definition) is 9. The van der Waals surface area contributed by atoms with E-state index in [9.17, 15) is 20.4 Å². The highest BCUT2D eigenvalue weighted by Crippen LogP contribution is 2.44. The summed E-state index contributed by atoms with van der Waals surface area (Å²) >= 11 is 0. The average Bonchev–Trinajstić information content (AvgIpc) is 3.15. The van der Waals surface area contributed by atoms with Crippen LogP contribution in [0.4, 0.5) is 0 Å². The highest BCUT2D eigenvalue weighted by Gasteiger charge is 2.53. The van der Waals surface area contributed by atoms with E-state index in [4.69, 9.17) is 19.6 Å². The van der Waals surface area contributed by atoms with Crippen molar-refractivity contribution in [2.24, 2.45) is 5.41 Å². The first kappa shape index (κ1) is 57.6. The smallest absolute Gasteiger partial charge is 0.334 e. The third-order valence-corrected chi connectivity index (χ3v) is 12.9. The van der Waals surface area contributed by atoms with Crippen LogP contribution < -0.4 is 0 Å². The molecule has 0 amide bonds. The molecule has 0 aliphatic heterocycles. The van der Waals surface area contributed by atoms with E-state index in [0.717, 1.165) is 38.5 Å². The molecule has 0 saturated heterocycles. The van der Waals surface area contributed by atoms with Crippen LogP contribution in [0.5, 0.6) is 0 Å². The van der Waals surface area contributed by atoms with E-state index in [-0.39, 0.29) is 13.2 Å². The largest absolute Gasteiger partial charge is 0.395 e. The van der Waals surface area contributed by atoms with Gasteiger partial charge in [-0.25, -0.2) is 4.31 Å². The summed E-state index contributed by atoms with van der Waals surface area (Å²) in [6.07, 6.45) is 42.0. The van der Waals surface area contributed by atoms with Crippen molar-refractivity contribution in [3.05, 3.63) is 0 Å². The Labute approximate surface area is 342 Å². The van der Waals surface area contributed by atoms with Gasteiger partial charge in [-0.2, -0.15) is 0 Å². The predicted molar refractivity (Wildman–Crippen MR) is 235 cm³/mol. The summed E-state index contributed by atoms with van der Waals surface area (Å²) in [7, 11) is -5.22. The summed E-state index contributed by atoms with van der Waals surface area (Å²) in [6, 6.07) is 0. The Hall–Kier alpha value is 0.500. The molecule has 1 unspecified atom stereocenters. The monoisotopic (exact) mass is 829 g/mol. The summed E-state index contributed by atoms with van der Waals surface area (Å²) in [4.78, 5) is 31.3. The molecule has 0 bridgehead atoms. The van der Waals surface area contributed by atoms with Crippen LogP contribution in [0.25, 0.3) is 0 Å². The van der Waals surface area contributed by atoms with Crippen LogP contribution in [0.15, 0.2) is 0 Å². The fraction of sp³-hybridized carbons (Fsp3) is 1.00. The minimum Gasteiger partial charge on any atom is -0.395 e. The Kier molecular flexibility index (Phi) is 44.6. The van der Waals surface area contributed by atoms with Gasteiger partial charge in [0.25, 0.3) is 0 Å². The SMILES string of the molecule is CCCCCCCCCCCCCC(O)C(CO)(CO)C(O)(CCCCCCCCCCCCC)CCCCCCCCCCCCC.OP(O)OP(O)O. The maximum Gasteiger partial charge on any atom is 0.334 e. The highest BCUT2D eigenvalue weighted by molar-refractivity contribution is 7.53. The number of aliphatic hydroxyl groups is 4. The van der Waals surface area contributed by atoms with Crippen molar-refractivity contribution in [1.82, 2.24) is 0 Å². The maximum atomic E-state index is 12.3. The Morgan fingerprint density at radius 3 is 0.855 bits per heavy atom. The zero-order chi connectivity index (χ0) is 41.3. The van der Waals surface area contributed by atoms with Gasteiger partial charge in [0.15, 0.2) is 0 Å². The summed E-state index contributed by atoms with van der Waals surface area (Å²) in [6.45, 7) is 6.07.